The van der Waals surface area contributed by atoms with Crippen LogP contribution >= 0.6 is 0 Å². The van der Waals surface area contributed by atoms with Crippen molar-refractivity contribution in [2.45, 2.75) is 31.2 Å². The van der Waals surface area contributed by atoms with Gasteiger partial charge in [-0.3, -0.25) is 10.1 Å². The van der Waals surface area contributed by atoms with Crippen LogP contribution in [0.25, 0.3) is 0 Å². The van der Waals surface area contributed by atoms with Crippen molar-refractivity contribution in [2.75, 3.05) is 11.4 Å². The average Bonchev–Trinajstić information content (AvgIpc) is 2.68. The molecule has 1 aromatic rings. The van der Waals surface area contributed by atoms with E-state index in [1.165, 1.54) is 12.1 Å². The Balaban J connectivity index is 2.63. The molecular formula is C12H17N3O4S. The lowest BCUT2D eigenvalue weighted by Crippen LogP contribution is -2.30. The Bertz CT molecular complexity index is 644. The summed E-state index contributed by atoms with van der Waals surface area (Å²) in [6, 6.07) is 4.34. The van der Waals surface area contributed by atoms with Crippen molar-refractivity contribution in [3.05, 3.63) is 28.3 Å². The van der Waals surface area contributed by atoms with Crippen LogP contribution in [0, 0.1) is 16.0 Å². The summed E-state index contributed by atoms with van der Waals surface area (Å²) >= 11 is 0. The van der Waals surface area contributed by atoms with Gasteiger partial charge >= 0.3 is 5.69 Å². The Labute approximate surface area is 117 Å². The molecule has 0 radical (unpaired) electrons. The summed E-state index contributed by atoms with van der Waals surface area (Å²) in [4.78, 5) is 12.1. The molecule has 110 valence electrons. The number of primary sulfonamides is 1. The number of benzene rings is 1. The van der Waals surface area contributed by atoms with E-state index in [9.17, 15) is 18.5 Å². The van der Waals surface area contributed by atoms with Crippen LogP contribution in [0.3, 0.4) is 0 Å². The first-order chi connectivity index (χ1) is 9.23. The molecule has 2 rings (SSSR count). The maximum atomic E-state index is 11.5. The second-order valence-electron chi connectivity index (χ2n) is 5.13. The predicted molar refractivity (Wildman–Crippen MR) is 75.1 cm³/mol. The number of anilines is 1. The average molecular weight is 299 g/mol. The molecule has 0 bridgehead atoms. The largest absolute Gasteiger partial charge is 0.363 e. The quantitative estimate of drug-likeness (QED) is 0.672. The minimum absolute atomic E-state index is 0.115. The molecule has 7 nitrogen and oxygen atoms in total. The number of nitro groups is 1. The third-order valence-corrected chi connectivity index (χ3v) is 4.86. The second kappa shape index (κ2) is 5.02. The van der Waals surface area contributed by atoms with Crippen LogP contribution in [0.4, 0.5) is 11.4 Å². The van der Waals surface area contributed by atoms with Gasteiger partial charge in [-0.05, 0) is 31.4 Å². The van der Waals surface area contributed by atoms with Crippen LogP contribution < -0.4 is 10.0 Å². The summed E-state index contributed by atoms with van der Waals surface area (Å²) in [5, 5.41) is 16.4. The molecule has 2 N–H and O–H groups in total. The van der Waals surface area contributed by atoms with Crippen molar-refractivity contribution >= 4 is 21.4 Å². The van der Waals surface area contributed by atoms with Crippen LogP contribution in [0.5, 0.6) is 0 Å². The SMILES string of the molecule is C[C@@H]1CCN(c2cccc(S(N)(=O)=O)c2[N+](=O)[O-])[C@H]1C. The molecule has 2 atom stereocenters. The number of nitrogens with zero attached hydrogens (tertiary/aromatic N) is 2. The molecule has 8 heteroatoms. The number of nitrogens with two attached hydrogens (primary N) is 1. The van der Waals surface area contributed by atoms with Gasteiger partial charge < -0.3 is 4.90 Å². The van der Waals surface area contributed by atoms with Crippen LogP contribution in [0.1, 0.15) is 20.3 Å². The lowest BCUT2D eigenvalue weighted by molar-refractivity contribution is -0.387. The minimum Gasteiger partial charge on any atom is -0.363 e. The van der Waals surface area contributed by atoms with Gasteiger partial charge in [0, 0.05) is 12.6 Å². The summed E-state index contributed by atoms with van der Waals surface area (Å²) in [6.45, 7) is 4.71. The molecule has 0 spiro atoms. The van der Waals surface area contributed by atoms with E-state index in [2.05, 4.69) is 6.92 Å². The van der Waals surface area contributed by atoms with Gasteiger partial charge in [-0.15, -0.1) is 0 Å². The van der Waals surface area contributed by atoms with Crippen molar-refractivity contribution in [1.82, 2.24) is 0 Å². The maximum absolute atomic E-state index is 11.5. The Hall–Kier alpha value is -1.67. The van der Waals surface area contributed by atoms with Gasteiger partial charge in [0.15, 0.2) is 4.90 Å². The van der Waals surface area contributed by atoms with Gasteiger partial charge in [-0.2, -0.15) is 0 Å². The van der Waals surface area contributed by atoms with E-state index in [0.29, 0.717) is 18.2 Å². The van der Waals surface area contributed by atoms with Crippen molar-refractivity contribution in [1.29, 1.82) is 0 Å². The Morgan fingerprint density at radius 3 is 2.50 bits per heavy atom. The summed E-state index contributed by atoms with van der Waals surface area (Å²) < 4.78 is 23.1. The van der Waals surface area contributed by atoms with Gasteiger partial charge in [0.2, 0.25) is 10.0 Å². The van der Waals surface area contributed by atoms with Gasteiger partial charge in [0.05, 0.1) is 4.92 Å². The fourth-order valence-electron chi connectivity index (χ4n) is 2.59. The molecule has 1 fully saturated rings. The molecule has 1 heterocycles. The highest BCUT2D eigenvalue weighted by Crippen LogP contribution is 2.38. The molecule has 0 amide bonds. The predicted octanol–water partition coefficient (Wildman–Crippen LogP) is 1.48. The summed E-state index contributed by atoms with van der Waals surface area (Å²) in [5.74, 6) is 0.396. The second-order valence-corrected chi connectivity index (χ2v) is 6.66. The number of rotatable bonds is 3. The van der Waals surface area contributed by atoms with Crippen molar-refractivity contribution in [3.8, 4) is 0 Å². The summed E-state index contributed by atoms with van der Waals surface area (Å²) in [5.41, 5.74) is -0.116. The molecule has 1 aromatic carbocycles. The fourth-order valence-corrected chi connectivity index (χ4v) is 3.31. The molecule has 1 saturated heterocycles. The lowest BCUT2D eigenvalue weighted by atomic mass is 10.0. The van der Waals surface area contributed by atoms with Crippen molar-refractivity contribution in [3.63, 3.8) is 0 Å². The normalized spacial score (nSPS) is 23.1. The number of sulfonamides is 1. The van der Waals surface area contributed by atoms with E-state index in [1.54, 1.807) is 6.07 Å². The molecule has 0 aliphatic carbocycles. The van der Waals surface area contributed by atoms with E-state index in [4.69, 9.17) is 5.14 Å². The van der Waals surface area contributed by atoms with Crippen molar-refractivity contribution in [2.24, 2.45) is 11.1 Å². The highest BCUT2D eigenvalue weighted by Gasteiger charge is 2.35. The molecule has 0 saturated carbocycles. The van der Waals surface area contributed by atoms with Gasteiger partial charge in [-0.25, -0.2) is 13.6 Å². The molecular weight excluding hydrogens is 282 g/mol. The summed E-state index contributed by atoms with van der Waals surface area (Å²) in [6.07, 6.45) is 0.915. The van der Waals surface area contributed by atoms with Crippen molar-refractivity contribution < 1.29 is 13.3 Å². The van der Waals surface area contributed by atoms with Crippen LogP contribution in [0.2, 0.25) is 0 Å². The molecule has 1 aliphatic rings. The van der Waals surface area contributed by atoms with E-state index < -0.39 is 25.5 Å². The lowest BCUT2D eigenvalue weighted by Gasteiger charge is -2.25. The minimum atomic E-state index is -4.13. The zero-order valence-corrected chi connectivity index (χ0v) is 12.1. The zero-order chi connectivity index (χ0) is 15.1. The Morgan fingerprint density at radius 2 is 2.05 bits per heavy atom. The smallest absolute Gasteiger partial charge is 0.312 e. The van der Waals surface area contributed by atoms with Gasteiger partial charge in [-0.1, -0.05) is 13.0 Å². The zero-order valence-electron chi connectivity index (χ0n) is 11.3. The number of para-hydroxylation sites is 1. The monoisotopic (exact) mass is 299 g/mol. The van der Waals surface area contributed by atoms with Gasteiger partial charge in [0.25, 0.3) is 0 Å². The third-order valence-electron chi connectivity index (χ3n) is 3.92. The van der Waals surface area contributed by atoms with E-state index in [-0.39, 0.29) is 6.04 Å². The first-order valence-corrected chi connectivity index (χ1v) is 7.85. The summed E-state index contributed by atoms with van der Waals surface area (Å²) in [7, 11) is -4.13. The van der Waals surface area contributed by atoms with Crippen LogP contribution in [-0.2, 0) is 10.0 Å². The molecule has 20 heavy (non-hydrogen) atoms. The molecule has 0 unspecified atom stereocenters. The standard InChI is InChI=1S/C12H17N3O4S/c1-8-6-7-14(9(8)2)10-4-3-5-11(20(13,18)19)12(10)15(16)17/h3-5,8-9H,6-7H2,1-2H3,(H2,13,18,19)/t8-,9+/m1/s1. The highest BCUT2D eigenvalue weighted by atomic mass is 32.2. The topological polar surface area (TPSA) is 107 Å². The molecule has 1 aliphatic heterocycles. The van der Waals surface area contributed by atoms with E-state index in [1.807, 2.05) is 11.8 Å². The maximum Gasteiger partial charge on any atom is 0.312 e. The van der Waals surface area contributed by atoms with Gasteiger partial charge in [0.1, 0.15) is 5.69 Å². The Morgan fingerprint density at radius 1 is 1.40 bits per heavy atom. The fraction of sp³-hybridized carbons (Fsp3) is 0.500. The molecule has 0 aromatic heterocycles. The van der Waals surface area contributed by atoms with Crippen LogP contribution in [-0.4, -0.2) is 25.9 Å². The Kier molecular flexibility index (Phi) is 3.70. The first-order valence-electron chi connectivity index (χ1n) is 6.30. The number of hydrogen-bond donors (Lipinski definition) is 1. The number of nitro benzene ring substituents is 1. The highest BCUT2D eigenvalue weighted by molar-refractivity contribution is 7.89. The first kappa shape index (κ1) is 14.7. The third kappa shape index (κ3) is 2.48. The number of hydrogen-bond acceptors (Lipinski definition) is 5. The van der Waals surface area contributed by atoms with Crippen LogP contribution in [0.15, 0.2) is 23.1 Å². The van der Waals surface area contributed by atoms with E-state index in [0.717, 1.165) is 6.42 Å². The van der Waals surface area contributed by atoms with E-state index >= 15 is 0 Å².